The number of rotatable bonds is 6. The van der Waals surface area contributed by atoms with E-state index in [-0.39, 0.29) is 15.9 Å². The lowest BCUT2D eigenvalue weighted by atomic mass is 9.78. The van der Waals surface area contributed by atoms with Crippen molar-refractivity contribution in [1.29, 1.82) is 0 Å². The van der Waals surface area contributed by atoms with E-state index in [4.69, 9.17) is 9.47 Å². The summed E-state index contributed by atoms with van der Waals surface area (Å²) in [6, 6.07) is 23.5. The van der Waals surface area contributed by atoms with Crippen LogP contribution in [0.2, 0.25) is 0 Å². The van der Waals surface area contributed by atoms with Gasteiger partial charge in [-0.25, -0.2) is 13.2 Å². The molecule has 4 rings (SSSR count). The summed E-state index contributed by atoms with van der Waals surface area (Å²) in [5.41, 5.74) is 2.39. The van der Waals surface area contributed by atoms with E-state index < -0.39 is 16.0 Å². The van der Waals surface area contributed by atoms with Crippen molar-refractivity contribution in [2.75, 3.05) is 26.3 Å². The average molecular weight is 466 g/mol. The number of hydrogen-bond donors (Lipinski definition) is 0. The minimum Gasteiger partial charge on any atom is -0.423 e. The molecule has 3 aromatic carbocycles. The van der Waals surface area contributed by atoms with Crippen LogP contribution in [-0.4, -0.2) is 45.0 Å². The van der Waals surface area contributed by atoms with Gasteiger partial charge in [0, 0.05) is 18.5 Å². The summed E-state index contributed by atoms with van der Waals surface area (Å²) >= 11 is 0. The SMILES string of the molecule is CC(C)(c1ccccc1)c1ccc(OC(=O)c2ccc(S(=O)(=O)N3CCOCC3)cc2)cc1. The summed E-state index contributed by atoms with van der Waals surface area (Å²) in [5.74, 6) is -0.113. The monoisotopic (exact) mass is 465 g/mol. The van der Waals surface area contributed by atoms with Gasteiger partial charge in [0.05, 0.1) is 23.7 Å². The molecule has 6 nitrogen and oxygen atoms in total. The zero-order valence-electron chi connectivity index (χ0n) is 18.7. The van der Waals surface area contributed by atoms with Crippen molar-refractivity contribution in [3.05, 3.63) is 95.6 Å². The maximum absolute atomic E-state index is 12.7. The number of ether oxygens (including phenoxy) is 2. The third-order valence-corrected chi connectivity index (χ3v) is 7.89. The highest BCUT2D eigenvalue weighted by molar-refractivity contribution is 7.89. The molecule has 1 fully saturated rings. The van der Waals surface area contributed by atoms with E-state index in [9.17, 15) is 13.2 Å². The molecule has 0 atom stereocenters. The highest BCUT2D eigenvalue weighted by Gasteiger charge is 2.26. The molecule has 0 amide bonds. The van der Waals surface area contributed by atoms with Crippen LogP contribution in [0.5, 0.6) is 5.75 Å². The van der Waals surface area contributed by atoms with Crippen LogP contribution in [-0.2, 0) is 20.2 Å². The van der Waals surface area contributed by atoms with Gasteiger partial charge in [-0.15, -0.1) is 0 Å². The van der Waals surface area contributed by atoms with Crippen molar-refractivity contribution >= 4 is 16.0 Å². The molecule has 0 N–H and O–H groups in total. The van der Waals surface area contributed by atoms with Crippen LogP contribution in [0.1, 0.15) is 35.3 Å². The normalized spacial score (nSPS) is 15.2. The second-order valence-corrected chi connectivity index (χ2v) is 10.4. The van der Waals surface area contributed by atoms with Crippen LogP contribution in [0.15, 0.2) is 83.8 Å². The smallest absolute Gasteiger partial charge is 0.343 e. The Hall–Kier alpha value is -3.00. The van der Waals surface area contributed by atoms with Gasteiger partial charge in [-0.05, 0) is 47.5 Å². The topological polar surface area (TPSA) is 72.9 Å². The van der Waals surface area contributed by atoms with Crippen molar-refractivity contribution in [2.45, 2.75) is 24.2 Å². The molecule has 172 valence electrons. The molecule has 3 aromatic rings. The predicted molar refractivity (Wildman–Crippen MR) is 126 cm³/mol. The molecule has 0 saturated carbocycles. The Kier molecular flexibility index (Phi) is 6.65. The van der Waals surface area contributed by atoms with Crippen molar-refractivity contribution < 1.29 is 22.7 Å². The van der Waals surface area contributed by atoms with Gasteiger partial charge < -0.3 is 9.47 Å². The molecule has 0 unspecified atom stereocenters. The van der Waals surface area contributed by atoms with Crippen molar-refractivity contribution in [1.82, 2.24) is 4.31 Å². The molecule has 1 aliphatic rings. The molecular formula is C26H27NO5S. The average Bonchev–Trinajstić information content (AvgIpc) is 2.85. The first kappa shape index (κ1) is 23.2. The molecule has 1 aliphatic heterocycles. The van der Waals surface area contributed by atoms with Gasteiger partial charge in [-0.1, -0.05) is 56.3 Å². The summed E-state index contributed by atoms with van der Waals surface area (Å²) in [6.45, 7) is 5.70. The van der Waals surface area contributed by atoms with Crippen LogP contribution in [0.4, 0.5) is 0 Å². The first-order chi connectivity index (χ1) is 15.8. The molecule has 33 heavy (non-hydrogen) atoms. The van der Waals surface area contributed by atoms with E-state index >= 15 is 0 Å². The second-order valence-electron chi connectivity index (χ2n) is 8.45. The Bertz CT molecular complexity index is 1200. The molecule has 7 heteroatoms. The highest BCUT2D eigenvalue weighted by atomic mass is 32.2. The van der Waals surface area contributed by atoms with Gasteiger partial charge in [0.1, 0.15) is 5.75 Å². The number of benzene rings is 3. The first-order valence-electron chi connectivity index (χ1n) is 10.8. The number of sulfonamides is 1. The fourth-order valence-corrected chi connectivity index (χ4v) is 5.23. The summed E-state index contributed by atoms with van der Waals surface area (Å²) in [5, 5.41) is 0. The van der Waals surface area contributed by atoms with Crippen LogP contribution >= 0.6 is 0 Å². The van der Waals surface area contributed by atoms with Gasteiger partial charge in [-0.2, -0.15) is 4.31 Å². The van der Waals surface area contributed by atoms with Crippen LogP contribution in [0.25, 0.3) is 0 Å². The fraction of sp³-hybridized carbons (Fsp3) is 0.269. The number of hydrogen-bond acceptors (Lipinski definition) is 5. The van der Waals surface area contributed by atoms with Crippen molar-refractivity contribution in [3.8, 4) is 5.75 Å². The summed E-state index contributed by atoms with van der Waals surface area (Å²) in [7, 11) is -3.60. The predicted octanol–water partition coefficient (Wildman–Crippen LogP) is 4.25. The molecular weight excluding hydrogens is 438 g/mol. The van der Waals surface area contributed by atoms with Gasteiger partial charge in [-0.3, -0.25) is 0 Å². The van der Waals surface area contributed by atoms with Gasteiger partial charge in [0.2, 0.25) is 10.0 Å². The Morgan fingerprint density at radius 3 is 2.03 bits per heavy atom. The molecule has 1 saturated heterocycles. The van der Waals surface area contributed by atoms with Crippen molar-refractivity contribution in [2.24, 2.45) is 0 Å². The number of esters is 1. The number of carbonyl (C=O) groups excluding carboxylic acids is 1. The standard InChI is InChI=1S/C26H27NO5S/c1-26(2,21-6-4-3-5-7-21)22-10-12-23(13-11-22)32-25(28)20-8-14-24(15-9-20)33(29,30)27-16-18-31-19-17-27/h3-15H,16-19H2,1-2H3. The molecule has 0 radical (unpaired) electrons. The van der Waals surface area contributed by atoms with E-state index in [2.05, 4.69) is 26.0 Å². The van der Waals surface area contributed by atoms with E-state index in [1.54, 1.807) is 12.1 Å². The maximum Gasteiger partial charge on any atom is 0.343 e. The molecule has 1 heterocycles. The van der Waals surface area contributed by atoms with Gasteiger partial charge in [0.25, 0.3) is 0 Å². The van der Waals surface area contributed by atoms with Gasteiger partial charge in [0.15, 0.2) is 0 Å². The Balaban J connectivity index is 1.44. The number of nitrogens with zero attached hydrogens (tertiary/aromatic N) is 1. The minimum atomic E-state index is -3.60. The van der Waals surface area contributed by atoms with E-state index in [0.717, 1.165) is 5.56 Å². The zero-order chi connectivity index (χ0) is 23.5. The Morgan fingerprint density at radius 1 is 0.848 bits per heavy atom. The Morgan fingerprint density at radius 2 is 1.42 bits per heavy atom. The van der Waals surface area contributed by atoms with Crippen LogP contribution in [0, 0.1) is 0 Å². The largest absolute Gasteiger partial charge is 0.423 e. The number of morpholine rings is 1. The van der Waals surface area contributed by atoms with E-state index in [0.29, 0.717) is 32.1 Å². The van der Waals surface area contributed by atoms with Crippen molar-refractivity contribution in [3.63, 3.8) is 0 Å². The van der Waals surface area contributed by atoms with E-state index in [1.165, 1.54) is 34.1 Å². The molecule has 0 aromatic heterocycles. The lowest BCUT2D eigenvalue weighted by Crippen LogP contribution is -2.40. The molecule has 0 aliphatic carbocycles. The van der Waals surface area contributed by atoms with E-state index in [1.807, 2.05) is 30.3 Å². The minimum absolute atomic E-state index is 0.147. The third-order valence-electron chi connectivity index (χ3n) is 5.98. The Labute approximate surface area is 194 Å². The summed E-state index contributed by atoms with van der Waals surface area (Å²) < 4.78 is 37.6. The molecule has 0 spiro atoms. The van der Waals surface area contributed by atoms with Crippen LogP contribution < -0.4 is 4.74 Å². The quantitative estimate of drug-likeness (QED) is 0.402. The van der Waals surface area contributed by atoms with Crippen LogP contribution in [0.3, 0.4) is 0 Å². The first-order valence-corrected chi connectivity index (χ1v) is 12.3. The zero-order valence-corrected chi connectivity index (χ0v) is 19.5. The number of carbonyl (C=O) groups is 1. The lowest BCUT2D eigenvalue weighted by molar-refractivity contribution is 0.0730. The second kappa shape index (κ2) is 9.47. The maximum atomic E-state index is 12.7. The van der Waals surface area contributed by atoms with Gasteiger partial charge >= 0.3 is 5.97 Å². The summed E-state index contributed by atoms with van der Waals surface area (Å²) in [4.78, 5) is 12.7. The summed E-state index contributed by atoms with van der Waals surface area (Å²) in [6.07, 6.45) is 0. The lowest BCUT2D eigenvalue weighted by Gasteiger charge is -2.26. The highest BCUT2D eigenvalue weighted by Crippen LogP contribution is 2.32. The third kappa shape index (κ3) is 5.00. The fourth-order valence-electron chi connectivity index (χ4n) is 3.83. The molecule has 0 bridgehead atoms.